The van der Waals surface area contributed by atoms with Crippen molar-refractivity contribution in [1.82, 2.24) is 5.32 Å². The molecule has 3 fully saturated rings. The van der Waals surface area contributed by atoms with E-state index in [2.05, 4.69) is 27.9 Å². The van der Waals surface area contributed by atoms with Crippen LogP contribution >= 0.6 is 22.6 Å². The first kappa shape index (κ1) is 15.1. The summed E-state index contributed by atoms with van der Waals surface area (Å²) in [5, 5.41) is 3.26. The molecule has 20 heavy (non-hydrogen) atoms. The molecule has 0 bridgehead atoms. The Hall–Kier alpha value is 0.160. The van der Waals surface area contributed by atoms with Crippen LogP contribution in [0.2, 0.25) is 0 Å². The molecular weight excluding hydrogens is 365 g/mol. The molecule has 2 unspecified atom stereocenters. The topological polar surface area (TPSA) is 48.2 Å². The average Bonchev–Trinajstić information content (AvgIpc) is 3.21. The first-order chi connectivity index (χ1) is 9.55. The highest BCUT2D eigenvalue weighted by Crippen LogP contribution is 2.46. The van der Waals surface area contributed by atoms with Gasteiger partial charge in [-0.05, 0) is 51.4 Å². The molecule has 3 rings (SSSR count). The summed E-state index contributed by atoms with van der Waals surface area (Å²) in [6.45, 7) is 2.97. The average molecular weight is 391 g/mol. The van der Waals surface area contributed by atoms with Gasteiger partial charge in [0.25, 0.3) is 0 Å². The van der Waals surface area contributed by atoms with E-state index >= 15 is 0 Å². The first-order valence-corrected chi connectivity index (χ1v) is 9.28. The molecule has 1 N–H and O–H groups in total. The number of hydrogen-bond acceptors (Lipinski definition) is 3. The minimum Gasteiger partial charge on any atom is -0.458 e. The molecule has 0 spiro atoms. The van der Waals surface area contributed by atoms with E-state index in [0.717, 1.165) is 19.4 Å². The summed E-state index contributed by atoms with van der Waals surface area (Å²) >= 11 is 2.28. The molecule has 0 aromatic rings. The number of carbonyl (C=O) groups excluding carboxylic acids is 1. The van der Waals surface area contributed by atoms with Crippen LogP contribution in [0, 0.1) is 5.92 Å². The lowest BCUT2D eigenvalue weighted by Gasteiger charge is -2.40. The summed E-state index contributed by atoms with van der Waals surface area (Å²) in [5.41, 5.74) is -0.126. The Morgan fingerprint density at radius 2 is 1.80 bits per heavy atom. The van der Waals surface area contributed by atoms with Crippen molar-refractivity contribution in [2.75, 3.05) is 6.54 Å². The number of carbonyl (C=O) groups is 1. The molecule has 2 atom stereocenters. The highest BCUT2D eigenvalue weighted by Gasteiger charge is 2.51. The molecular formula is C16H26INO2. The van der Waals surface area contributed by atoms with Gasteiger partial charge >= 0.3 is 5.97 Å². The zero-order valence-electron chi connectivity index (χ0n) is 12.4. The van der Waals surface area contributed by atoms with Gasteiger partial charge in [0.1, 0.15) is 9.02 Å². The van der Waals surface area contributed by atoms with E-state index < -0.39 is 3.42 Å². The molecule has 2 aliphatic carbocycles. The summed E-state index contributed by atoms with van der Waals surface area (Å²) in [4.78, 5) is 12.7. The van der Waals surface area contributed by atoms with Gasteiger partial charge in [0.15, 0.2) is 0 Å². The quantitative estimate of drug-likeness (QED) is 0.345. The Morgan fingerprint density at radius 1 is 1.20 bits per heavy atom. The third-order valence-electron chi connectivity index (χ3n) is 5.56. The molecule has 1 saturated heterocycles. The second kappa shape index (κ2) is 5.75. The van der Waals surface area contributed by atoms with Crippen molar-refractivity contribution in [2.45, 2.75) is 79.8 Å². The highest BCUT2D eigenvalue weighted by molar-refractivity contribution is 14.1. The normalized spacial score (nSPS) is 32.6. The van der Waals surface area contributed by atoms with E-state index in [0.29, 0.717) is 12.0 Å². The van der Waals surface area contributed by atoms with Gasteiger partial charge in [0.05, 0.1) is 0 Å². The Balaban J connectivity index is 1.71. The van der Waals surface area contributed by atoms with Crippen LogP contribution in [0.3, 0.4) is 0 Å². The van der Waals surface area contributed by atoms with Crippen LogP contribution in [-0.4, -0.2) is 27.6 Å². The van der Waals surface area contributed by atoms with Crippen LogP contribution in [0.4, 0.5) is 0 Å². The zero-order valence-corrected chi connectivity index (χ0v) is 14.6. The van der Waals surface area contributed by atoms with Crippen molar-refractivity contribution in [3.05, 3.63) is 0 Å². The molecule has 0 radical (unpaired) electrons. The van der Waals surface area contributed by atoms with Crippen LogP contribution in [0.5, 0.6) is 0 Å². The summed E-state index contributed by atoms with van der Waals surface area (Å²) in [6.07, 6.45) is 11.1. The van der Waals surface area contributed by atoms with Gasteiger partial charge in [0.2, 0.25) is 0 Å². The van der Waals surface area contributed by atoms with Gasteiger partial charge in [-0.25, -0.2) is 0 Å². The van der Waals surface area contributed by atoms with Gasteiger partial charge in [-0.1, -0.05) is 41.9 Å². The SMILES string of the molecule is CC(I)(C(=O)OC1(C2CCCCC2)CCCC1)C1CN1. The lowest BCUT2D eigenvalue weighted by molar-refractivity contribution is -0.169. The lowest BCUT2D eigenvalue weighted by atomic mass is 9.75. The molecule has 4 heteroatoms. The Labute approximate surface area is 135 Å². The Bertz CT molecular complexity index is 367. The predicted octanol–water partition coefficient (Wildman–Crippen LogP) is 3.59. The second-order valence-electron chi connectivity index (χ2n) is 7.03. The maximum absolute atomic E-state index is 12.7. The van der Waals surface area contributed by atoms with E-state index in [1.54, 1.807) is 0 Å². The molecule has 1 heterocycles. The number of alkyl halides is 1. The fraction of sp³-hybridized carbons (Fsp3) is 0.938. The van der Waals surface area contributed by atoms with Gasteiger partial charge in [-0.2, -0.15) is 0 Å². The monoisotopic (exact) mass is 391 g/mol. The van der Waals surface area contributed by atoms with Crippen molar-refractivity contribution in [2.24, 2.45) is 5.92 Å². The standard InChI is InChI=1S/C16H26INO2/c1-15(17,13-11-18-13)14(19)20-16(9-5-6-10-16)12-7-3-2-4-8-12/h12-13,18H,2-11H2,1H3. The zero-order chi connectivity index (χ0) is 14.2. The largest absolute Gasteiger partial charge is 0.458 e. The minimum absolute atomic E-state index is 0.0144. The van der Waals surface area contributed by atoms with Crippen LogP contribution in [0.15, 0.2) is 0 Å². The van der Waals surface area contributed by atoms with Gasteiger partial charge in [0, 0.05) is 12.6 Å². The number of hydrogen-bond donors (Lipinski definition) is 1. The molecule has 1 aliphatic heterocycles. The van der Waals surface area contributed by atoms with E-state index in [1.807, 2.05) is 6.92 Å². The predicted molar refractivity (Wildman–Crippen MR) is 88.1 cm³/mol. The minimum atomic E-state index is -0.401. The molecule has 3 nitrogen and oxygen atoms in total. The fourth-order valence-electron chi connectivity index (χ4n) is 4.06. The maximum Gasteiger partial charge on any atom is 0.323 e. The summed E-state index contributed by atoms with van der Waals surface area (Å²) in [5.74, 6) is 0.627. The molecule has 3 aliphatic rings. The van der Waals surface area contributed by atoms with E-state index in [9.17, 15) is 4.79 Å². The van der Waals surface area contributed by atoms with Gasteiger partial charge in [-0.15, -0.1) is 0 Å². The lowest BCUT2D eigenvalue weighted by Crippen LogP contribution is -2.47. The first-order valence-electron chi connectivity index (χ1n) is 8.20. The third kappa shape index (κ3) is 2.87. The number of rotatable bonds is 4. The van der Waals surface area contributed by atoms with Crippen molar-refractivity contribution in [3.63, 3.8) is 0 Å². The van der Waals surface area contributed by atoms with Crippen molar-refractivity contribution >= 4 is 28.6 Å². The second-order valence-corrected chi connectivity index (χ2v) is 9.27. The molecule has 2 saturated carbocycles. The van der Waals surface area contributed by atoms with E-state index in [1.165, 1.54) is 44.9 Å². The van der Waals surface area contributed by atoms with Crippen LogP contribution < -0.4 is 5.32 Å². The number of ether oxygens (including phenoxy) is 1. The van der Waals surface area contributed by atoms with Crippen molar-refractivity contribution in [3.8, 4) is 0 Å². The van der Waals surface area contributed by atoms with Crippen molar-refractivity contribution in [1.29, 1.82) is 0 Å². The van der Waals surface area contributed by atoms with E-state index in [-0.39, 0.29) is 11.6 Å². The molecule has 0 aromatic heterocycles. The van der Waals surface area contributed by atoms with Crippen LogP contribution in [-0.2, 0) is 9.53 Å². The smallest absolute Gasteiger partial charge is 0.323 e. The van der Waals surface area contributed by atoms with Gasteiger partial charge in [-0.3, -0.25) is 4.79 Å². The number of esters is 1. The fourth-order valence-corrected chi connectivity index (χ4v) is 4.62. The summed E-state index contributed by atoms with van der Waals surface area (Å²) in [7, 11) is 0. The van der Waals surface area contributed by atoms with E-state index in [4.69, 9.17) is 4.74 Å². The Morgan fingerprint density at radius 3 is 2.35 bits per heavy atom. The van der Waals surface area contributed by atoms with Crippen molar-refractivity contribution < 1.29 is 9.53 Å². The molecule has 0 aromatic carbocycles. The highest BCUT2D eigenvalue weighted by atomic mass is 127. The summed E-state index contributed by atoms with van der Waals surface area (Å²) < 4.78 is 5.82. The maximum atomic E-state index is 12.7. The van der Waals surface area contributed by atoms with Crippen LogP contribution in [0.1, 0.15) is 64.7 Å². The molecule has 0 amide bonds. The third-order valence-corrected chi connectivity index (χ3v) is 6.75. The van der Waals surface area contributed by atoms with Crippen LogP contribution in [0.25, 0.3) is 0 Å². The number of halogens is 1. The number of nitrogens with one attached hydrogen (secondary N) is 1. The van der Waals surface area contributed by atoms with Gasteiger partial charge < -0.3 is 10.1 Å². The molecule has 114 valence electrons. The Kier molecular flexibility index (Phi) is 4.33. The summed E-state index contributed by atoms with van der Waals surface area (Å²) in [6, 6.07) is 0.306.